The van der Waals surface area contributed by atoms with Crippen LogP contribution in [-0.2, 0) is 9.50 Å². The van der Waals surface area contributed by atoms with Gasteiger partial charge in [0.2, 0.25) is 5.88 Å². The first-order valence-corrected chi connectivity index (χ1v) is 7.69. The Balaban J connectivity index is 1.94. The Morgan fingerprint density at radius 1 is 1.58 bits per heavy atom. The van der Waals surface area contributed by atoms with Crippen LogP contribution in [-0.4, -0.2) is 66.0 Å². The predicted molar refractivity (Wildman–Crippen MR) is 90.3 cm³/mol. The normalized spacial score (nSPS) is 22.3. The summed E-state index contributed by atoms with van der Waals surface area (Å²) in [6.45, 7) is 2.09. The van der Waals surface area contributed by atoms with E-state index in [-0.39, 0.29) is 18.5 Å². The van der Waals surface area contributed by atoms with Gasteiger partial charge in [0.15, 0.2) is 0 Å². The van der Waals surface area contributed by atoms with Crippen molar-refractivity contribution in [1.29, 1.82) is 0 Å². The Kier molecular flexibility index (Phi) is 6.37. The van der Waals surface area contributed by atoms with E-state index in [4.69, 9.17) is 4.74 Å². The molecule has 1 N–H and O–H groups in total. The Labute approximate surface area is 141 Å². The van der Waals surface area contributed by atoms with Gasteiger partial charge in [0.25, 0.3) is 0 Å². The quantitative estimate of drug-likeness (QED) is 0.582. The number of carbonyl (C=O) groups excluding carboxylic acids is 1. The number of nitrogens with zero attached hydrogens (tertiary/aromatic N) is 3. The molecule has 1 aliphatic rings. The molecule has 0 radical (unpaired) electrons. The molecule has 0 bridgehead atoms. The van der Waals surface area contributed by atoms with Crippen molar-refractivity contribution in [3.8, 4) is 5.88 Å². The van der Waals surface area contributed by atoms with Crippen LogP contribution in [0.3, 0.4) is 0 Å². The van der Waals surface area contributed by atoms with Crippen LogP contribution in [0.15, 0.2) is 29.4 Å². The number of hydrogen-bond acceptors (Lipinski definition) is 6. The summed E-state index contributed by atoms with van der Waals surface area (Å²) in [5, 5.41) is 10.1. The van der Waals surface area contributed by atoms with Crippen LogP contribution in [0.2, 0.25) is 0 Å². The average Bonchev–Trinajstić information content (AvgIpc) is 2.86. The monoisotopic (exact) mass is 329 g/mol. The SMILES string of the molecule is COc1ccc(C=C[C@H](O)CN2C(=O)[C@@H](N=CB=O)C[C@H]2C)cn1. The molecular weight excluding hydrogens is 309 g/mol. The third-order valence-corrected chi connectivity index (χ3v) is 3.85. The van der Waals surface area contributed by atoms with Gasteiger partial charge in [-0.3, -0.25) is 0 Å². The fourth-order valence-corrected chi connectivity index (χ4v) is 2.59. The number of aromatic nitrogens is 1. The van der Waals surface area contributed by atoms with Crippen LogP contribution in [0.25, 0.3) is 6.08 Å². The van der Waals surface area contributed by atoms with Crippen LogP contribution in [0.1, 0.15) is 18.9 Å². The van der Waals surface area contributed by atoms with Gasteiger partial charge < -0.3 is 4.74 Å². The van der Waals surface area contributed by atoms with Crippen LogP contribution in [0.4, 0.5) is 0 Å². The van der Waals surface area contributed by atoms with Gasteiger partial charge in [-0.05, 0) is 0 Å². The molecule has 0 unspecified atom stereocenters. The number of pyridine rings is 1. The van der Waals surface area contributed by atoms with Gasteiger partial charge in [0.1, 0.15) is 0 Å². The van der Waals surface area contributed by atoms with Gasteiger partial charge in [-0.2, -0.15) is 0 Å². The Hall–Kier alpha value is -2.35. The van der Waals surface area contributed by atoms with Crippen molar-refractivity contribution in [3.63, 3.8) is 0 Å². The molecule has 0 saturated carbocycles. The molecule has 1 aliphatic heterocycles. The zero-order valence-corrected chi connectivity index (χ0v) is 13.7. The minimum atomic E-state index is -0.799. The van der Waals surface area contributed by atoms with Crippen molar-refractivity contribution in [2.75, 3.05) is 13.7 Å². The summed E-state index contributed by atoms with van der Waals surface area (Å²) < 4.78 is 15.3. The second-order valence-corrected chi connectivity index (χ2v) is 5.59. The minimum absolute atomic E-state index is 0.0306. The standard InChI is InChI=1S/C16H20BN3O4/c1-11-7-14(19-10-17-23)16(22)20(11)9-13(21)5-3-12-4-6-15(24-2)18-8-12/h3-6,8,10-11,13-14,21H,7,9H2,1-2H3/t11-,13+,14+/m1/s1. The molecule has 3 atom stereocenters. The van der Waals surface area contributed by atoms with Crippen molar-refractivity contribution in [3.05, 3.63) is 30.0 Å². The summed E-state index contributed by atoms with van der Waals surface area (Å²) >= 11 is 0. The van der Waals surface area contributed by atoms with E-state index in [2.05, 4.69) is 9.98 Å². The summed E-state index contributed by atoms with van der Waals surface area (Å²) in [4.78, 5) is 21.8. The molecule has 0 aliphatic carbocycles. The molecular formula is C16H20BN3O4. The maximum atomic E-state index is 12.2. The van der Waals surface area contributed by atoms with Crippen molar-refractivity contribution in [1.82, 2.24) is 9.88 Å². The number of likely N-dealkylation sites (tertiary alicyclic amines) is 1. The van der Waals surface area contributed by atoms with E-state index in [9.17, 15) is 14.6 Å². The van der Waals surface area contributed by atoms with E-state index in [1.807, 2.05) is 13.0 Å². The van der Waals surface area contributed by atoms with Gasteiger partial charge in [0, 0.05) is 0 Å². The zero-order valence-electron chi connectivity index (χ0n) is 13.7. The molecule has 24 heavy (non-hydrogen) atoms. The predicted octanol–water partition coefficient (Wildman–Crippen LogP) is 0.532. The number of ether oxygens (including phenoxy) is 1. The number of aliphatic imine (C=N–C) groups is 1. The van der Waals surface area contributed by atoms with Crippen molar-refractivity contribution < 1.29 is 19.3 Å². The van der Waals surface area contributed by atoms with E-state index in [0.29, 0.717) is 19.5 Å². The van der Waals surface area contributed by atoms with Gasteiger partial charge in [-0.15, -0.1) is 0 Å². The molecule has 1 aromatic heterocycles. The number of amides is 1. The van der Waals surface area contributed by atoms with Crippen LogP contribution < -0.4 is 4.74 Å². The van der Waals surface area contributed by atoms with Crippen molar-refractivity contribution in [2.45, 2.75) is 31.5 Å². The summed E-state index contributed by atoms with van der Waals surface area (Å²) in [6.07, 6.45) is 5.84. The summed E-state index contributed by atoms with van der Waals surface area (Å²) in [5.74, 6) is 0.352. The second kappa shape index (κ2) is 8.49. The molecule has 1 amide bonds. The Morgan fingerprint density at radius 2 is 2.38 bits per heavy atom. The molecule has 2 heterocycles. The molecule has 7 nitrogen and oxygen atoms in total. The van der Waals surface area contributed by atoms with Gasteiger partial charge in [-0.1, -0.05) is 0 Å². The maximum absolute atomic E-state index is 12.2. The molecule has 2 rings (SSSR count). The number of aliphatic hydroxyl groups excluding tert-OH is 1. The van der Waals surface area contributed by atoms with Gasteiger partial charge in [-0.25, -0.2) is 0 Å². The van der Waals surface area contributed by atoms with Crippen molar-refractivity contribution in [2.24, 2.45) is 4.99 Å². The number of β-amino-alcohol motifs (C(OH)–C–C–N with tert-alkyl or cyclic N) is 1. The Bertz CT molecular complexity index is 633. The summed E-state index contributed by atoms with van der Waals surface area (Å²) in [7, 11) is 2.10. The van der Waals surface area contributed by atoms with Gasteiger partial charge >= 0.3 is 123 Å². The van der Waals surface area contributed by atoms with E-state index in [1.54, 1.807) is 36.4 Å². The van der Waals surface area contributed by atoms with Crippen molar-refractivity contribution >= 4 is 25.2 Å². The Morgan fingerprint density at radius 3 is 3.00 bits per heavy atom. The molecule has 8 heteroatoms. The first-order valence-electron chi connectivity index (χ1n) is 7.69. The first-order chi connectivity index (χ1) is 11.5. The van der Waals surface area contributed by atoms with E-state index >= 15 is 0 Å². The molecule has 0 aromatic carbocycles. The third-order valence-electron chi connectivity index (χ3n) is 3.85. The topological polar surface area (TPSA) is 92.1 Å². The summed E-state index contributed by atoms with van der Waals surface area (Å²) in [5.41, 5.74) is 0.823. The molecule has 126 valence electrons. The second-order valence-electron chi connectivity index (χ2n) is 5.59. The van der Waals surface area contributed by atoms with Crippen LogP contribution in [0.5, 0.6) is 5.88 Å². The molecule has 1 fully saturated rings. The number of hydrogen-bond donors (Lipinski definition) is 1. The third kappa shape index (κ3) is 4.58. The zero-order chi connectivity index (χ0) is 17.5. The van der Waals surface area contributed by atoms with Gasteiger partial charge in [0.05, 0.1) is 7.11 Å². The molecule has 1 saturated heterocycles. The fourth-order valence-electron chi connectivity index (χ4n) is 2.59. The van der Waals surface area contributed by atoms with E-state index in [1.165, 1.54) is 0 Å². The van der Waals surface area contributed by atoms with E-state index in [0.717, 1.165) is 11.7 Å². The average molecular weight is 329 g/mol. The summed E-state index contributed by atoms with van der Waals surface area (Å²) in [6, 6.07) is 2.99. The van der Waals surface area contributed by atoms with Crippen LogP contribution >= 0.6 is 0 Å². The number of rotatable bonds is 7. The first kappa shape index (κ1) is 18.0. The molecule has 0 spiro atoms. The number of aliphatic hydroxyl groups is 1. The van der Waals surface area contributed by atoms with Crippen LogP contribution in [0, 0.1) is 0 Å². The van der Waals surface area contributed by atoms with E-state index < -0.39 is 12.1 Å². The number of carbonyl (C=O) groups is 1. The fraction of sp³-hybridized carbons (Fsp3) is 0.438. The molecule has 1 aromatic rings. The number of methoxy groups -OCH3 is 1.